The molecule has 0 fully saturated rings. The number of benzene rings is 2. The predicted molar refractivity (Wildman–Crippen MR) is 101 cm³/mol. The summed E-state index contributed by atoms with van der Waals surface area (Å²) in [6.45, 7) is 3.70. The standard InChI is InChI=1S/C19H17N5O2/c1-13-12-18(16-6-4-3-5-7-16)21-19(20-13)23-22-14(2)15-8-10-17(11-9-15)24(25)26/h3-12H,1-2H3,(H,20,21,23)/b22-14+. The lowest BCUT2D eigenvalue weighted by molar-refractivity contribution is -0.384. The summed E-state index contributed by atoms with van der Waals surface area (Å²) in [7, 11) is 0. The van der Waals surface area contributed by atoms with Crippen LogP contribution in [-0.2, 0) is 0 Å². The minimum absolute atomic E-state index is 0.0454. The SMILES string of the molecule is C/C(=N\Nc1nc(C)cc(-c2ccccc2)n1)c1ccc([N+](=O)[O-])cc1. The van der Waals surface area contributed by atoms with Crippen molar-refractivity contribution in [2.45, 2.75) is 13.8 Å². The minimum atomic E-state index is -0.430. The highest BCUT2D eigenvalue weighted by atomic mass is 16.6. The van der Waals surface area contributed by atoms with Gasteiger partial charge in [0, 0.05) is 23.4 Å². The quantitative estimate of drug-likeness (QED) is 0.424. The van der Waals surface area contributed by atoms with Crippen molar-refractivity contribution in [3.63, 3.8) is 0 Å². The van der Waals surface area contributed by atoms with Crippen LogP contribution in [0.2, 0.25) is 0 Å². The molecule has 0 aliphatic rings. The molecule has 1 heterocycles. The highest BCUT2D eigenvalue weighted by molar-refractivity contribution is 5.99. The molecule has 1 aromatic heterocycles. The van der Waals surface area contributed by atoms with Gasteiger partial charge in [-0.1, -0.05) is 30.3 Å². The topological polar surface area (TPSA) is 93.3 Å². The fraction of sp³-hybridized carbons (Fsp3) is 0.105. The van der Waals surface area contributed by atoms with Gasteiger partial charge >= 0.3 is 0 Å². The zero-order valence-electron chi connectivity index (χ0n) is 14.4. The summed E-state index contributed by atoms with van der Waals surface area (Å²) >= 11 is 0. The van der Waals surface area contributed by atoms with E-state index in [4.69, 9.17) is 0 Å². The fourth-order valence-electron chi connectivity index (χ4n) is 2.40. The Bertz CT molecular complexity index is 953. The summed E-state index contributed by atoms with van der Waals surface area (Å²) in [6, 6.07) is 18.0. The summed E-state index contributed by atoms with van der Waals surface area (Å²) in [5.74, 6) is 0.394. The number of anilines is 1. The third-order valence-corrected chi connectivity index (χ3v) is 3.74. The van der Waals surface area contributed by atoms with Crippen LogP contribution in [0.3, 0.4) is 0 Å². The van der Waals surface area contributed by atoms with Crippen LogP contribution in [0.25, 0.3) is 11.3 Å². The number of non-ortho nitro benzene ring substituents is 1. The zero-order chi connectivity index (χ0) is 18.5. The first-order chi connectivity index (χ1) is 12.5. The Balaban J connectivity index is 1.81. The van der Waals surface area contributed by atoms with Crippen LogP contribution in [0.1, 0.15) is 18.2 Å². The van der Waals surface area contributed by atoms with Crippen LogP contribution < -0.4 is 5.43 Å². The number of hydrogen-bond donors (Lipinski definition) is 1. The van der Waals surface area contributed by atoms with E-state index in [0.717, 1.165) is 22.5 Å². The first kappa shape index (κ1) is 17.2. The Morgan fingerprint density at radius 1 is 1.08 bits per heavy atom. The van der Waals surface area contributed by atoms with E-state index in [0.29, 0.717) is 11.7 Å². The lowest BCUT2D eigenvalue weighted by Crippen LogP contribution is -2.04. The second-order valence-corrected chi connectivity index (χ2v) is 5.70. The maximum atomic E-state index is 10.7. The van der Waals surface area contributed by atoms with Gasteiger partial charge in [0.1, 0.15) is 0 Å². The monoisotopic (exact) mass is 347 g/mol. The number of nitrogens with one attached hydrogen (secondary N) is 1. The third-order valence-electron chi connectivity index (χ3n) is 3.74. The van der Waals surface area contributed by atoms with Crippen LogP contribution in [-0.4, -0.2) is 20.6 Å². The smallest absolute Gasteiger partial charge is 0.258 e. The summed E-state index contributed by atoms with van der Waals surface area (Å²) in [4.78, 5) is 19.1. The molecule has 0 saturated heterocycles. The molecule has 0 amide bonds. The molecule has 7 nitrogen and oxygen atoms in total. The van der Waals surface area contributed by atoms with Crippen molar-refractivity contribution in [3.8, 4) is 11.3 Å². The minimum Gasteiger partial charge on any atom is -0.258 e. The molecule has 2 aromatic carbocycles. The van der Waals surface area contributed by atoms with Crippen LogP contribution in [0.4, 0.5) is 11.6 Å². The molecule has 0 atom stereocenters. The zero-order valence-corrected chi connectivity index (χ0v) is 14.4. The molecule has 3 rings (SSSR count). The van der Waals surface area contributed by atoms with E-state index in [1.54, 1.807) is 12.1 Å². The van der Waals surface area contributed by atoms with E-state index in [1.165, 1.54) is 12.1 Å². The average molecular weight is 347 g/mol. The van der Waals surface area contributed by atoms with Gasteiger partial charge in [-0.3, -0.25) is 10.1 Å². The third kappa shape index (κ3) is 4.07. The average Bonchev–Trinajstić information content (AvgIpc) is 2.66. The molecule has 0 bridgehead atoms. The highest BCUT2D eigenvalue weighted by Crippen LogP contribution is 2.19. The van der Waals surface area contributed by atoms with Gasteiger partial charge in [0.05, 0.1) is 16.3 Å². The molecule has 0 spiro atoms. The molecule has 7 heteroatoms. The summed E-state index contributed by atoms with van der Waals surface area (Å²) < 4.78 is 0. The van der Waals surface area contributed by atoms with Gasteiger partial charge in [0.25, 0.3) is 5.69 Å². The van der Waals surface area contributed by atoms with Crippen molar-refractivity contribution < 1.29 is 4.92 Å². The molecule has 1 N–H and O–H groups in total. The molecular weight excluding hydrogens is 330 g/mol. The normalized spacial score (nSPS) is 11.2. The first-order valence-electron chi connectivity index (χ1n) is 7.99. The van der Waals surface area contributed by atoms with E-state index in [9.17, 15) is 10.1 Å². The number of nitro groups is 1. The van der Waals surface area contributed by atoms with Gasteiger partial charge in [0.15, 0.2) is 0 Å². The number of hydrazone groups is 1. The first-order valence-corrected chi connectivity index (χ1v) is 7.99. The Labute approximate surface area is 150 Å². The van der Waals surface area contributed by atoms with Crippen molar-refractivity contribution in [2.75, 3.05) is 5.43 Å². The maximum absolute atomic E-state index is 10.7. The number of aryl methyl sites for hydroxylation is 1. The van der Waals surface area contributed by atoms with Crippen molar-refractivity contribution in [3.05, 3.63) is 82.0 Å². The number of rotatable bonds is 5. The molecule has 3 aromatic rings. The second-order valence-electron chi connectivity index (χ2n) is 5.70. The van der Waals surface area contributed by atoms with E-state index in [1.807, 2.05) is 50.2 Å². The lowest BCUT2D eigenvalue weighted by atomic mass is 10.1. The predicted octanol–water partition coefficient (Wildman–Crippen LogP) is 4.20. The van der Waals surface area contributed by atoms with Crippen LogP contribution >= 0.6 is 0 Å². The van der Waals surface area contributed by atoms with Crippen molar-refractivity contribution in [2.24, 2.45) is 5.10 Å². The number of aromatic nitrogens is 2. The molecule has 0 aliphatic carbocycles. The summed E-state index contributed by atoms with van der Waals surface area (Å²) in [6.07, 6.45) is 0. The van der Waals surface area contributed by atoms with E-state index >= 15 is 0 Å². The van der Waals surface area contributed by atoms with Crippen LogP contribution in [0, 0.1) is 17.0 Å². The van der Waals surface area contributed by atoms with E-state index < -0.39 is 4.92 Å². The molecule has 26 heavy (non-hydrogen) atoms. The van der Waals surface area contributed by atoms with Crippen LogP contribution in [0.15, 0.2) is 65.8 Å². The molecular formula is C19H17N5O2. The Morgan fingerprint density at radius 3 is 2.42 bits per heavy atom. The Kier molecular flexibility index (Phi) is 4.98. The summed E-state index contributed by atoms with van der Waals surface area (Å²) in [5.41, 5.74) is 6.99. The summed E-state index contributed by atoms with van der Waals surface area (Å²) in [5, 5.41) is 15.0. The van der Waals surface area contributed by atoms with Crippen LogP contribution in [0.5, 0.6) is 0 Å². The number of nitro benzene ring substituents is 1. The van der Waals surface area contributed by atoms with Crippen molar-refractivity contribution in [1.82, 2.24) is 9.97 Å². The Morgan fingerprint density at radius 2 is 1.77 bits per heavy atom. The number of hydrogen-bond acceptors (Lipinski definition) is 6. The molecule has 0 aliphatic heterocycles. The number of nitrogens with zero attached hydrogens (tertiary/aromatic N) is 4. The van der Waals surface area contributed by atoms with Gasteiger partial charge in [-0.2, -0.15) is 5.10 Å². The van der Waals surface area contributed by atoms with Crippen molar-refractivity contribution >= 4 is 17.3 Å². The molecule has 0 saturated carbocycles. The van der Waals surface area contributed by atoms with E-state index in [-0.39, 0.29) is 5.69 Å². The highest BCUT2D eigenvalue weighted by Gasteiger charge is 2.07. The van der Waals surface area contributed by atoms with Crippen molar-refractivity contribution in [1.29, 1.82) is 0 Å². The molecule has 0 unspecified atom stereocenters. The fourth-order valence-corrected chi connectivity index (χ4v) is 2.40. The van der Waals surface area contributed by atoms with Gasteiger partial charge in [-0.05, 0) is 37.6 Å². The van der Waals surface area contributed by atoms with Gasteiger partial charge in [0.2, 0.25) is 5.95 Å². The Hall–Kier alpha value is -3.61. The van der Waals surface area contributed by atoms with Gasteiger partial charge in [-0.15, -0.1) is 0 Å². The molecule has 130 valence electrons. The maximum Gasteiger partial charge on any atom is 0.269 e. The molecule has 0 radical (unpaired) electrons. The van der Waals surface area contributed by atoms with Gasteiger partial charge in [-0.25, -0.2) is 15.4 Å². The van der Waals surface area contributed by atoms with Gasteiger partial charge < -0.3 is 0 Å². The van der Waals surface area contributed by atoms with E-state index in [2.05, 4.69) is 20.5 Å². The largest absolute Gasteiger partial charge is 0.269 e. The second kappa shape index (κ2) is 7.52. The lowest BCUT2D eigenvalue weighted by Gasteiger charge is -2.06.